The fourth-order valence-electron chi connectivity index (χ4n) is 7.61. The number of H-pyrrole nitrogens is 1. The first kappa shape index (κ1) is 41.8. The zero-order valence-corrected chi connectivity index (χ0v) is 34.7. The van der Waals surface area contributed by atoms with Gasteiger partial charge >= 0.3 is 4.87 Å². The predicted octanol–water partition coefficient (Wildman–Crippen LogP) is 5.02. The van der Waals surface area contributed by atoms with Crippen molar-refractivity contribution >= 4 is 44.7 Å². The molecule has 56 heavy (non-hydrogen) atoms. The number of rotatable bonds is 18. The van der Waals surface area contributed by atoms with Crippen molar-refractivity contribution in [3.8, 4) is 11.5 Å². The zero-order chi connectivity index (χ0) is 39.7. The summed E-state index contributed by atoms with van der Waals surface area (Å²) in [4.78, 5) is 51.4. The molecule has 2 aromatic heterocycles. The highest BCUT2D eigenvalue weighted by Gasteiger charge is 2.41. The number of morpholine rings is 1. The number of aromatic nitrogens is 2. The standard InChI is InChI=1S/C41H56N6O7S2/c1-5-46(20-17-42-16-11-30-9-10-33(48)35-37(30)56-40(51)44-35)34(49)13-23-53-22-12-29-7-6-8-31(36(29)52-4)25-45-18-14-41(15-19-45)27-47(21-24-54-41)39(50)32-26-55-38(43-32)28(2)3/h6-10,26,28,42,48H,5,11-25,27H2,1-4H3,(H,44,51). The number of likely N-dealkylation sites (tertiary alicyclic amines) is 1. The zero-order valence-electron chi connectivity index (χ0n) is 33.1. The predicted molar refractivity (Wildman–Crippen MR) is 220 cm³/mol. The van der Waals surface area contributed by atoms with Crippen LogP contribution in [0.5, 0.6) is 11.5 Å². The molecule has 2 saturated heterocycles. The molecule has 304 valence electrons. The Morgan fingerprint density at radius 2 is 1.89 bits per heavy atom. The molecule has 0 bridgehead atoms. The number of nitrogens with zero attached hydrogens (tertiary/aromatic N) is 4. The van der Waals surface area contributed by atoms with Crippen LogP contribution in [0.4, 0.5) is 0 Å². The van der Waals surface area contributed by atoms with Crippen molar-refractivity contribution < 1.29 is 28.9 Å². The van der Waals surface area contributed by atoms with Gasteiger partial charge in [-0.05, 0) is 56.3 Å². The van der Waals surface area contributed by atoms with E-state index in [1.807, 2.05) is 28.2 Å². The summed E-state index contributed by atoms with van der Waals surface area (Å²) in [6.07, 6.45) is 3.42. The summed E-state index contributed by atoms with van der Waals surface area (Å²) in [5.41, 5.74) is 3.92. The smallest absolute Gasteiger partial charge is 0.305 e. The molecule has 2 aliphatic rings. The Morgan fingerprint density at radius 1 is 1.09 bits per heavy atom. The van der Waals surface area contributed by atoms with Crippen molar-refractivity contribution in [2.75, 3.05) is 79.3 Å². The lowest BCUT2D eigenvalue weighted by molar-refractivity contribution is -0.132. The number of phenolic OH excluding ortho intramolecular Hbond substituents is 1. The van der Waals surface area contributed by atoms with Gasteiger partial charge in [-0.1, -0.05) is 49.4 Å². The number of thiazole rings is 2. The van der Waals surface area contributed by atoms with Crippen LogP contribution in [-0.2, 0) is 33.7 Å². The Morgan fingerprint density at radius 3 is 2.64 bits per heavy atom. The number of benzene rings is 2. The van der Waals surface area contributed by atoms with E-state index in [0.29, 0.717) is 95.5 Å². The number of likely N-dealkylation sites (N-methyl/N-ethyl adjacent to an activating group) is 1. The van der Waals surface area contributed by atoms with Crippen LogP contribution >= 0.6 is 22.7 Å². The fourth-order valence-corrected chi connectivity index (χ4v) is 9.31. The van der Waals surface area contributed by atoms with E-state index in [2.05, 4.69) is 52.2 Å². The highest BCUT2D eigenvalue weighted by molar-refractivity contribution is 7.16. The average Bonchev–Trinajstić information content (AvgIpc) is 3.86. The van der Waals surface area contributed by atoms with E-state index >= 15 is 0 Å². The van der Waals surface area contributed by atoms with Gasteiger partial charge in [0.05, 0.1) is 55.2 Å². The number of piperidine rings is 1. The number of carbonyl (C=O) groups is 2. The summed E-state index contributed by atoms with van der Waals surface area (Å²) >= 11 is 2.66. The van der Waals surface area contributed by atoms with Gasteiger partial charge in [0, 0.05) is 62.7 Å². The lowest BCUT2D eigenvalue weighted by Gasteiger charge is -2.47. The van der Waals surface area contributed by atoms with Gasteiger partial charge in [0.1, 0.15) is 22.7 Å². The van der Waals surface area contributed by atoms with Crippen LogP contribution in [0.15, 0.2) is 40.5 Å². The van der Waals surface area contributed by atoms with Crippen molar-refractivity contribution in [2.45, 2.75) is 70.9 Å². The third kappa shape index (κ3) is 10.4. The molecule has 1 spiro atoms. The van der Waals surface area contributed by atoms with Crippen LogP contribution in [-0.4, -0.2) is 126 Å². The van der Waals surface area contributed by atoms with E-state index in [1.54, 1.807) is 24.5 Å². The minimum Gasteiger partial charge on any atom is -0.506 e. The molecule has 2 fully saturated rings. The number of methoxy groups -OCH3 is 1. The second-order valence-corrected chi connectivity index (χ2v) is 16.8. The first-order valence-electron chi connectivity index (χ1n) is 19.8. The second-order valence-electron chi connectivity index (χ2n) is 14.9. The molecule has 0 aliphatic carbocycles. The normalized spacial score (nSPS) is 15.9. The van der Waals surface area contributed by atoms with Gasteiger partial charge < -0.3 is 39.4 Å². The number of fused-ring (bicyclic) bond motifs is 1. The van der Waals surface area contributed by atoms with Gasteiger partial charge in [-0.25, -0.2) is 4.98 Å². The van der Waals surface area contributed by atoms with Crippen LogP contribution < -0.4 is 14.9 Å². The maximum absolute atomic E-state index is 13.3. The number of amides is 2. The lowest BCUT2D eigenvalue weighted by atomic mass is 9.89. The van der Waals surface area contributed by atoms with Crippen LogP contribution in [0.1, 0.15) is 78.1 Å². The largest absolute Gasteiger partial charge is 0.506 e. The van der Waals surface area contributed by atoms with Crippen molar-refractivity contribution in [2.24, 2.45) is 0 Å². The van der Waals surface area contributed by atoms with E-state index in [-0.39, 0.29) is 28.0 Å². The molecule has 15 heteroatoms. The first-order valence-corrected chi connectivity index (χ1v) is 21.4. The molecular formula is C41H56N6O7S2. The Labute approximate surface area is 337 Å². The molecule has 0 radical (unpaired) electrons. The summed E-state index contributed by atoms with van der Waals surface area (Å²) in [6.45, 7) is 13.8. The second kappa shape index (κ2) is 19.5. The number of aromatic hydroxyl groups is 1. The van der Waals surface area contributed by atoms with E-state index < -0.39 is 0 Å². The van der Waals surface area contributed by atoms with Crippen LogP contribution in [0.2, 0.25) is 0 Å². The molecule has 4 heterocycles. The number of para-hydroxylation sites is 1. The van der Waals surface area contributed by atoms with Gasteiger partial charge in [0.2, 0.25) is 5.91 Å². The number of aromatic amines is 1. The minimum atomic E-state index is -0.325. The van der Waals surface area contributed by atoms with Crippen molar-refractivity contribution in [3.05, 3.63) is 72.8 Å². The molecule has 2 aliphatic heterocycles. The van der Waals surface area contributed by atoms with Crippen LogP contribution in [0.3, 0.4) is 0 Å². The molecule has 0 atom stereocenters. The minimum absolute atomic E-state index is 0.00312. The third-order valence-electron chi connectivity index (χ3n) is 10.8. The molecule has 2 aromatic carbocycles. The van der Waals surface area contributed by atoms with E-state index in [4.69, 9.17) is 14.2 Å². The van der Waals surface area contributed by atoms with Crippen molar-refractivity contribution in [1.82, 2.24) is 30.0 Å². The maximum Gasteiger partial charge on any atom is 0.305 e. The van der Waals surface area contributed by atoms with Crippen molar-refractivity contribution in [3.63, 3.8) is 0 Å². The van der Waals surface area contributed by atoms with Gasteiger partial charge in [-0.15, -0.1) is 11.3 Å². The molecule has 6 rings (SSSR count). The fraction of sp³-hybridized carbons (Fsp3) is 0.561. The van der Waals surface area contributed by atoms with E-state index in [1.165, 1.54) is 0 Å². The number of hydrogen-bond donors (Lipinski definition) is 3. The Balaban J connectivity index is 0.896. The van der Waals surface area contributed by atoms with Gasteiger partial charge in [-0.2, -0.15) is 0 Å². The first-order chi connectivity index (χ1) is 27.1. The molecule has 3 N–H and O–H groups in total. The quantitative estimate of drug-likeness (QED) is 0.117. The SMILES string of the molecule is CCN(CCNCCc1ccc(O)c2[nH]c(=O)sc12)C(=O)CCOCCc1cccc(CN2CCC3(CC2)CN(C(=O)c2csc(C(C)C)n2)CCO3)c1OC. The summed E-state index contributed by atoms with van der Waals surface area (Å²) in [5, 5.41) is 16.3. The van der Waals surface area contributed by atoms with Crippen LogP contribution in [0, 0.1) is 0 Å². The molecule has 2 amide bonds. The summed E-state index contributed by atoms with van der Waals surface area (Å²) in [5.74, 6) is 1.33. The summed E-state index contributed by atoms with van der Waals surface area (Å²) < 4.78 is 19.0. The molecule has 0 saturated carbocycles. The number of carbonyl (C=O) groups excluding carboxylic acids is 2. The number of nitrogens with one attached hydrogen (secondary N) is 2. The molecule has 13 nitrogen and oxygen atoms in total. The highest BCUT2D eigenvalue weighted by Crippen LogP contribution is 2.34. The lowest BCUT2D eigenvalue weighted by Crippen LogP contribution is -2.58. The Kier molecular flexibility index (Phi) is 14.6. The van der Waals surface area contributed by atoms with Crippen molar-refractivity contribution in [1.29, 1.82) is 0 Å². The van der Waals surface area contributed by atoms with E-state index in [0.717, 1.165) is 76.0 Å². The number of hydrogen-bond acceptors (Lipinski definition) is 12. The summed E-state index contributed by atoms with van der Waals surface area (Å²) in [7, 11) is 1.72. The average molecular weight is 809 g/mol. The Bertz CT molecular complexity index is 1990. The topological polar surface area (TPSA) is 150 Å². The monoisotopic (exact) mass is 808 g/mol. The van der Waals surface area contributed by atoms with E-state index in [9.17, 15) is 19.5 Å². The molecular weight excluding hydrogens is 753 g/mol. The number of ether oxygens (including phenoxy) is 3. The highest BCUT2D eigenvalue weighted by atomic mass is 32.1. The molecule has 0 unspecified atom stereocenters. The van der Waals surface area contributed by atoms with Gasteiger partial charge in [-0.3, -0.25) is 19.3 Å². The van der Waals surface area contributed by atoms with Crippen LogP contribution in [0.25, 0.3) is 10.2 Å². The number of phenols is 1. The molecule has 4 aromatic rings. The van der Waals surface area contributed by atoms with Gasteiger partial charge in [0.15, 0.2) is 0 Å². The van der Waals surface area contributed by atoms with Gasteiger partial charge in [0.25, 0.3) is 5.91 Å². The summed E-state index contributed by atoms with van der Waals surface area (Å²) in [6, 6.07) is 9.72. The Hall–Kier alpha value is -3.86. The maximum atomic E-state index is 13.3. The third-order valence-corrected chi connectivity index (χ3v) is 12.9.